The fourth-order valence-electron chi connectivity index (χ4n) is 3.46. The third-order valence-corrected chi connectivity index (χ3v) is 4.95. The summed E-state index contributed by atoms with van der Waals surface area (Å²) in [7, 11) is 0. The summed E-state index contributed by atoms with van der Waals surface area (Å²) in [6.07, 6.45) is 0. The van der Waals surface area contributed by atoms with Crippen molar-refractivity contribution in [2.24, 2.45) is 0 Å². The molecule has 4 heteroatoms. The molecule has 0 aliphatic carbocycles. The first-order valence-electron chi connectivity index (χ1n) is 8.89. The largest absolute Gasteiger partial charge is 0.348 e. The van der Waals surface area contributed by atoms with E-state index in [2.05, 4.69) is 59.3 Å². The van der Waals surface area contributed by atoms with Gasteiger partial charge in [0.25, 0.3) is 0 Å². The molecule has 1 aliphatic rings. The summed E-state index contributed by atoms with van der Waals surface area (Å²) in [6, 6.07) is 14.6. The number of carbonyl (C=O) groups excluding carboxylic acids is 1. The topological polar surface area (TPSA) is 35.6 Å². The van der Waals surface area contributed by atoms with Gasteiger partial charge in [0, 0.05) is 26.2 Å². The normalized spacial score (nSPS) is 17.8. The maximum atomic E-state index is 12.4. The van der Waals surface area contributed by atoms with Crippen LogP contribution in [-0.2, 0) is 4.79 Å². The number of hydrogen-bond acceptors (Lipinski definition) is 3. The predicted molar refractivity (Wildman–Crippen MR) is 99.1 cm³/mol. The Kier molecular flexibility index (Phi) is 5.48. The van der Waals surface area contributed by atoms with Crippen molar-refractivity contribution in [3.63, 3.8) is 0 Å². The zero-order chi connectivity index (χ0) is 16.9. The summed E-state index contributed by atoms with van der Waals surface area (Å²) >= 11 is 0. The molecule has 24 heavy (non-hydrogen) atoms. The Bertz CT molecular complexity index is 687. The SMILES string of the molecule is CCN1CCN(CC(=O)N[C@H](C)c2cccc3ccccc23)CC1. The number of rotatable bonds is 5. The molecule has 1 amide bonds. The van der Waals surface area contributed by atoms with Gasteiger partial charge in [0.1, 0.15) is 0 Å². The van der Waals surface area contributed by atoms with E-state index in [1.165, 1.54) is 16.3 Å². The average molecular weight is 325 g/mol. The van der Waals surface area contributed by atoms with E-state index in [0.717, 1.165) is 32.7 Å². The van der Waals surface area contributed by atoms with Gasteiger partial charge in [0.15, 0.2) is 0 Å². The van der Waals surface area contributed by atoms with Crippen LogP contribution in [0.1, 0.15) is 25.5 Å². The number of carbonyl (C=O) groups is 1. The van der Waals surface area contributed by atoms with Crippen molar-refractivity contribution >= 4 is 16.7 Å². The molecule has 2 aromatic carbocycles. The van der Waals surface area contributed by atoms with Crippen LogP contribution in [0.2, 0.25) is 0 Å². The van der Waals surface area contributed by atoms with Crippen LogP contribution in [0.25, 0.3) is 10.8 Å². The Labute approximate surface area is 144 Å². The molecule has 0 spiro atoms. The van der Waals surface area contributed by atoms with Crippen molar-refractivity contribution in [3.05, 3.63) is 48.0 Å². The first-order valence-corrected chi connectivity index (χ1v) is 8.89. The van der Waals surface area contributed by atoms with Gasteiger partial charge in [-0.15, -0.1) is 0 Å². The molecule has 128 valence electrons. The first kappa shape index (κ1) is 16.9. The second-order valence-electron chi connectivity index (χ2n) is 6.57. The molecule has 0 bridgehead atoms. The smallest absolute Gasteiger partial charge is 0.234 e. The van der Waals surface area contributed by atoms with Gasteiger partial charge in [-0.05, 0) is 29.8 Å². The number of piperazine rings is 1. The number of nitrogens with one attached hydrogen (secondary N) is 1. The molecular formula is C20H27N3O. The summed E-state index contributed by atoms with van der Waals surface area (Å²) in [5, 5.41) is 5.59. The summed E-state index contributed by atoms with van der Waals surface area (Å²) in [6.45, 7) is 9.91. The number of hydrogen-bond donors (Lipinski definition) is 1. The zero-order valence-corrected chi connectivity index (χ0v) is 14.7. The zero-order valence-electron chi connectivity index (χ0n) is 14.7. The lowest BCUT2D eigenvalue weighted by Crippen LogP contribution is -2.49. The molecule has 1 N–H and O–H groups in total. The summed E-state index contributed by atoms with van der Waals surface area (Å²) < 4.78 is 0. The molecule has 3 rings (SSSR count). The van der Waals surface area contributed by atoms with Crippen LogP contribution in [0.15, 0.2) is 42.5 Å². The Hall–Kier alpha value is -1.91. The van der Waals surface area contributed by atoms with E-state index in [4.69, 9.17) is 0 Å². The Morgan fingerprint density at radius 3 is 2.46 bits per heavy atom. The van der Waals surface area contributed by atoms with Crippen molar-refractivity contribution in [1.82, 2.24) is 15.1 Å². The van der Waals surface area contributed by atoms with Gasteiger partial charge in [0.05, 0.1) is 12.6 Å². The minimum absolute atomic E-state index is 0.0144. The molecule has 0 aromatic heterocycles. The average Bonchev–Trinajstić information content (AvgIpc) is 2.61. The quantitative estimate of drug-likeness (QED) is 0.918. The van der Waals surface area contributed by atoms with Gasteiger partial charge in [-0.3, -0.25) is 9.69 Å². The first-order chi connectivity index (χ1) is 11.7. The number of amides is 1. The highest BCUT2D eigenvalue weighted by Crippen LogP contribution is 2.23. The fraction of sp³-hybridized carbons (Fsp3) is 0.450. The second-order valence-corrected chi connectivity index (χ2v) is 6.57. The van der Waals surface area contributed by atoms with Crippen LogP contribution in [0.4, 0.5) is 0 Å². The van der Waals surface area contributed by atoms with Gasteiger partial charge < -0.3 is 10.2 Å². The minimum atomic E-state index is 0.0144. The highest BCUT2D eigenvalue weighted by atomic mass is 16.2. The van der Waals surface area contributed by atoms with Crippen LogP contribution in [0.5, 0.6) is 0 Å². The second kappa shape index (κ2) is 7.77. The molecule has 0 unspecified atom stereocenters. The van der Waals surface area contributed by atoms with Crippen molar-refractivity contribution < 1.29 is 4.79 Å². The van der Waals surface area contributed by atoms with Crippen LogP contribution in [0.3, 0.4) is 0 Å². The molecular weight excluding hydrogens is 298 g/mol. The molecule has 1 fully saturated rings. The van der Waals surface area contributed by atoms with Gasteiger partial charge >= 0.3 is 0 Å². The van der Waals surface area contributed by atoms with Crippen molar-refractivity contribution in [2.75, 3.05) is 39.3 Å². The van der Waals surface area contributed by atoms with E-state index in [1.807, 2.05) is 12.1 Å². The molecule has 2 aromatic rings. The molecule has 0 saturated carbocycles. The van der Waals surface area contributed by atoms with E-state index in [1.54, 1.807) is 0 Å². The monoisotopic (exact) mass is 325 g/mol. The molecule has 1 heterocycles. The number of likely N-dealkylation sites (N-methyl/N-ethyl adjacent to an activating group) is 1. The van der Waals surface area contributed by atoms with Gasteiger partial charge in [-0.1, -0.05) is 49.4 Å². The molecule has 1 atom stereocenters. The summed E-state index contributed by atoms with van der Waals surface area (Å²) in [4.78, 5) is 17.1. The van der Waals surface area contributed by atoms with E-state index >= 15 is 0 Å². The van der Waals surface area contributed by atoms with E-state index < -0.39 is 0 Å². The lowest BCUT2D eigenvalue weighted by atomic mass is 10.00. The molecule has 1 aliphatic heterocycles. The Morgan fingerprint density at radius 1 is 1.04 bits per heavy atom. The number of benzene rings is 2. The number of nitrogens with zero attached hydrogens (tertiary/aromatic N) is 2. The van der Waals surface area contributed by atoms with Crippen molar-refractivity contribution in [1.29, 1.82) is 0 Å². The number of fused-ring (bicyclic) bond motifs is 1. The Balaban J connectivity index is 1.60. The lowest BCUT2D eigenvalue weighted by Gasteiger charge is -2.33. The van der Waals surface area contributed by atoms with E-state index in [9.17, 15) is 4.79 Å². The maximum absolute atomic E-state index is 12.4. The van der Waals surface area contributed by atoms with Gasteiger partial charge in [-0.2, -0.15) is 0 Å². The van der Waals surface area contributed by atoms with Gasteiger partial charge in [0.2, 0.25) is 5.91 Å². The third kappa shape index (κ3) is 3.94. The van der Waals surface area contributed by atoms with Crippen LogP contribution in [-0.4, -0.2) is 55.0 Å². The molecule has 1 saturated heterocycles. The van der Waals surface area contributed by atoms with E-state index in [0.29, 0.717) is 6.54 Å². The standard InChI is InChI=1S/C20H27N3O/c1-3-22-11-13-23(14-12-22)15-20(24)21-16(2)18-10-6-8-17-7-4-5-9-19(17)18/h4-10,16H,3,11-15H2,1-2H3,(H,21,24)/t16-/m1/s1. The lowest BCUT2D eigenvalue weighted by molar-refractivity contribution is -0.123. The van der Waals surface area contributed by atoms with Crippen molar-refractivity contribution in [3.8, 4) is 0 Å². The van der Waals surface area contributed by atoms with Crippen molar-refractivity contribution in [2.45, 2.75) is 19.9 Å². The third-order valence-electron chi connectivity index (χ3n) is 4.95. The fourth-order valence-corrected chi connectivity index (χ4v) is 3.46. The summed E-state index contributed by atoms with van der Waals surface area (Å²) in [5.74, 6) is 0.111. The molecule has 4 nitrogen and oxygen atoms in total. The van der Waals surface area contributed by atoms with E-state index in [-0.39, 0.29) is 11.9 Å². The maximum Gasteiger partial charge on any atom is 0.234 e. The van der Waals surface area contributed by atoms with Crippen LogP contribution < -0.4 is 5.32 Å². The van der Waals surface area contributed by atoms with Crippen LogP contribution >= 0.6 is 0 Å². The Morgan fingerprint density at radius 2 is 1.71 bits per heavy atom. The highest BCUT2D eigenvalue weighted by Gasteiger charge is 2.19. The minimum Gasteiger partial charge on any atom is -0.348 e. The predicted octanol–water partition coefficient (Wildman–Crippen LogP) is 2.65. The molecule has 0 radical (unpaired) electrons. The van der Waals surface area contributed by atoms with Gasteiger partial charge in [-0.25, -0.2) is 0 Å². The van der Waals surface area contributed by atoms with Crippen LogP contribution in [0, 0.1) is 0 Å². The summed E-state index contributed by atoms with van der Waals surface area (Å²) in [5.41, 5.74) is 1.18. The highest BCUT2D eigenvalue weighted by molar-refractivity contribution is 5.87.